The fraction of sp³-hybridized carbons (Fsp3) is 0. The average Bonchev–Trinajstić information content (AvgIpc) is 1.96. The van der Waals surface area contributed by atoms with Gasteiger partial charge < -0.3 is 52.4 Å². The maximum absolute atomic E-state index is 9.21. The SMILES string of the molecule is N.N.O=C(O)O.O=C(O)OC(=O)O.O=C(O)OC(=O)O.[CaH2].[CaH2].[MgH2].[MgH2]. The van der Waals surface area contributed by atoms with E-state index < -0.39 is 30.8 Å². The molecule has 0 spiro atoms. The molecular weight excluding hydrogens is 425 g/mol. The number of carboxylic acid groups (broad SMARTS) is 6. The summed E-state index contributed by atoms with van der Waals surface area (Å²) in [5, 5.41) is 43.9. The van der Waals surface area contributed by atoms with Crippen LogP contribution in [-0.4, -0.2) is 183 Å². The average molecular weight is 445 g/mol. The van der Waals surface area contributed by atoms with E-state index >= 15 is 0 Å². The first-order chi connectivity index (χ1) is 7.98. The Morgan fingerprint density at radius 2 is 0.583 bits per heavy atom. The summed E-state index contributed by atoms with van der Waals surface area (Å²) in [5.41, 5.74) is 0. The van der Waals surface area contributed by atoms with Crippen LogP contribution in [0.1, 0.15) is 0 Å². The molecule has 0 aliphatic rings. The Balaban J connectivity index is -0.0000000183. The molecule has 0 radical (unpaired) electrons. The zero-order valence-electron chi connectivity index (χ0n) is 9.46. The predicted molar refractivity (Wildman–Crippen MR) is 89.1 cm³/mol. The first kappa shape index (κ1) is 56.3. The van der Waals surface area contributed by atoms with Crippen molar-refractivity contribution in [1.29, 1.82) is 0 Å². The molecule has 15 nitrogen and oxygen atoms in total. The van der Waals surface area contributed by atoms with Gasteiger partial charge in [-0.25, -0.2) is 24.0 Å². The maximum atomic E-state index is 9.21. The van der Waals surface area contributed by atoms with Crippen LogP contribution < -0.4 is 12.3 Å². The summed E-state index contributed by atoms with van der Waals surface area (Å²) in [4.78, 5) is 45.4. The normalized spacial score (nSPS) is 5.33. The summed E-state index contributed by atoms with van der Waals surface area (Å²) < 4.78 is 6.17. The third kappa shape index (κ3) is 141. The van der Waals surface area contributed by atoms with Crippen molar-refractivity contribution in [1.82, 2.24) is 12.3 Å². The van der Waals surface area contributed by atoms with E-state index in [1.807, 2.05) is 0 Å². The Hall–Kier alpha value is 0.722. The van der Waals surface area contributed by atoms with Crippen molar-refractivity contribution in [2.24, 2.45) is 0 Å². The van der Waals surface area contributed by atoms with Crippen LogP contribution in [0.3, 0.4) is 0 Å². The van der Waals surface area contributed by atoms with Crippen molar-refractivity contribution < 1.29 is 64.1 Å². The van der Waals surface area contributed by atoms with Gasteiger partial charge in [-0.15, -0.1) is 0 Å². The Morgan fingerprint density at radius 1 is 0.500 bits per heavy atom. The van der Waals surface area contributed by atoms with Crippen LogP contribution in [0.15, 0.2) is 0 Å². The fourth-order valence-corrected chi connectivity index (χ4v) is 0.149. The van der Waals surface area contributed by atoms with Crippen molar-refractivity contribution in [2.75, 3.05) is 0 Å². The number of ether oxygens (including phenoxy) is 2. The topological polar surface area (TPSA) is 295 Å². The van der Waals surface area contributed by atoms with Gasteiger partial charge in [0.1, 0.15) is 0 Å². The Kier molecular flexibility index (Phi) is 91.4. The standard InChI is InChI=1S/2C2H2O5.CH2O3.2Ca.2Mg.2H3N.8H/c2*3-1(4)7-2(5)6;2-1(3)4;;;;;;;;;;;;;;/h2*(H,3,4)(H,5,6);(H2,2,3,4);;;;;2*1H3;;;;;;;;. The molecule has 0 saturated carbocycles. The summed E-state index contributed by atoms with van der Waals surface area (Å²) in [6.07, 6.45) is -9.08. The largest absolute Gasteiger partial charge is 0.316 e. The molecule has 0 fully saturated rings. The third-order valence-corrected chi connectivity index (χ3v) is 0.349. The summed E-state index contributed by atoms with van der Waals surface area (Å²) >= 11 is 0. The van der Waals surface area contributed by atoms with Crippen molar-refractivity contribution >= 4 is 152 Å². The summed E-state index contributed by atoms with van der Waals surface area (Å²) in [6, 6.07) is 0. The van der Waals surface area contributed by atoms with Crippen molar-refractivity contribution in [3.63, 3.8) is 0 Å². The van der Waals surface area contributed by atoms with Crippen LogP contribution in [0, 0.1) is 0 Å². The quantitative estimate of drug-likeness (QED) is 0.109. The molecule has 0 aliphatic heterocycles. The molecule has 0 aromatic carbocycles. The molecule has 0 aromatic rings. The van der Waals surface area contributed by atoms with Crippen LogP contribution in [0.4, 0.5) is 24.0 Å². The van der Waals surface area contributed by atoms with E-state index in [9.17, 15) is 19.2 Å². The van der Waals surface area contributed by atoms with Gasteiger partial charge in [-0.3, -0.25) is 0 Å². The van der Waals surface area contributed by atoms with E-state index in [0.717, 1.165) is 0 Å². The molecule has 0 heterocycles. The van der Waals surface area contributed by atoms with E-state index in [1.54, 1.807) is 0 Å². The molecule has 19 heteroatoms. The molecule has 0 bridgehead atoms. The van der Waals surface area contributed by atoms with E-state index in [4.69, 9.17) is 35.4 Å². The van der Waals surface area contributed by atoms with Crippen LogP contribution in [0.25, 0.3) is 0 Å². The van der Waals surface area contributed by atoms with Gasteiger partial charge in [0.15, 0.2) is 0 Å². The number of carbonyl (C=O) groups is 5. The van der Waals surface area contributed by atoms with Gasteiger partial charge in [-0.05, 0) is 0 Å². The van der Waals surface area contributed by atoms with Crippen LogP contribution in [0.2, 0.25) is 0 Å². The number of rotatable bonds is 0. The number of hydrogen-bond acceptors (Lipinski definition) is 9. The minimum Gasteiger partial charge on any atom is 0.316 e. The first-order valence-corrected chi connectivity index (χ1v) is 3.18. The molecule has 24 heavy (non-hydrogen) atoms. The van der Waals surface area contributed by atoms with E-state index in [0.29, 0.717) is 0 Å². The molecule has 136 valence electrons. The van der Waals surface area contributed by atoms with Gasteiger partial charge in [-0.1, -0.05) is 0 Å². The second kappa shape index (κ2) is 39.0. The summed E-state index contributed by atoms with van der Waals surface area (Å²) in [7, 11) is 0. The minimum atomic E-state index is -1.83. The van der Waals surface area contributed by atoms with Crippen LogP contribution in [-0.2, 0) is 9.47 Å². The van der Waals surface area contributed by atoms with Crippen molar-refractivity contribution in [3.8, 4) is 0 Å². The smallest absolute Gasteiger partial charge is 0.316 e. The van der Waals surface area contributed by atoms with E-state index in [2.05, 4.69) is 9.47 Å². The van der Waals surface area contributed by atoms with Gasteiger partial charge in [0.2, 0.25) is 0 Å². The molecule has 0 unspecified atom stereocenters. The minimum absolute atomic E-state index is 0. The van der Waals surface area contributed by atoms with Crippen LogP contribution >= 0.6 is 0 Å². The zero-order valence-corrected chi connectivity index (χ0v) is 9.46. The molecule has 0 rings (SSSR count). The van der Waals surface area contributed by atoms with Gasteiger partial charge in [-0.2, -0.15) is 0 Å². The van der Waals surface area contributed by atoms with E-state index in [1.165, 1.54) is 0 Å². The van der Waals surface area contributed by atoms with Gasteiger partial charge in [0.05, 0.1) is 0 Å². The Bertz CT molecular complexity index is 290. The molecule has 0 saturated heterocycles. The summed E-state index contributed by atoms with van der Waals surface area (Å²) in [5.74, 6) is 0. The molecular formula is C5H20Ca2Mg2N2O13. The molecule has 12 N–H and O–H groups in total. The van der Waals surface area contributed by atoms with Gasteiger partial charge in [0, 0.05) is 0 Å². The Labute approximate surface area is 225 Å². The second-order valence-corrected chi connectivity index (χ2v) is 1.55. The van der Waals surface area contributed by atoms with Crippen molar-refractivity contribution in [2.45, 2.75) is 0 Å². The summed E-state index contributed by atoms with van der Waals surface area (Å²) in [6.45, 7) is 0. The molecule has 0 aliphatic carbocycles. The molecule has 0 atom stereocenters. The fourth-order valence-electron chi connectivity index (χ4n) is 0.149. The molecule has 0 amide bonds. The van der Waals surface area contributed by atoms with Crippen molar-refractivity contribution in [3.05, 3.63) is 0 Å². The maximum Gasteiger partial charge on any atom is 0.316 e. The Morgan fingerprint density at radius 3 is 0.583 bits per heavy atom. The first-order valence-electron chi connectivity index (χ1n) is 3.18. The predicted octanol–water partition coefficient (Wildman–Crippen LogP) is -2.40. The second-order valence-electron chi connectivity index (χ2n) is 1.55. The monoisotopic (exact) mass is 444 g/mol. The molecule has 0 aromatic heterocycles. The van der Waals surface area contributed by atoms with E-state index in [-0.39, 0.29) is 134 Å². The van der Waals surface area contributed by atoms with Gasteiger partial charge >= 0.3 is 152 Å². The third-order valence-electron chi connectivity index (χ3n) is 0.349. The van der Waals surface area contributed by atoms with Gasteiger partial charge in [0.25, 0.3) is 0 Å². The van der Waals surface area contributed by atoms with Crippen LogP contribution in [0.5, 0.6) is 0 Å². The zero-order chi connectivity index (χ0) is 15.3. The number of hydrogen-bond donors (Lipinski definition) is 8.